The van der Waals surface area contributed by atoms with Crippen LogP contribution in [-0.4, -0.2) is 31.6 Å². The molecule has 2 heterocycles. The van der Waals surface area contributed by atoms with Crippen molar-refractivity contribution in [3.8, 4) is 5.75 Å². The van der Waals surface area contributed by atoms with Gasteiger partial charge in [-0.3, -0.25) is 19.1 Å². The van der Waals surface area contributed by atoms with Gasteiger partial charge in [-0.25, -0.2) is 9.78 Å². The Morgan fingerprint density at radius 1 is 1.18 bits per heavy atom. The number of carbonyl (C=O) groups excluding carboxylic acids is 1. The Labute approximate surface area is 192 Å². The number of unbranched alkanes of at least 4 members (excludes halogenated alkanes) is 1. The minimum Gasteiger partial charge on any atom is -0.492 e. The fourth-order valence-electron chi connectivity index (χ4n) is 3.78. The minimum absolute atomic E-state index is 0.178. The lowest BCUT2D eigenvalue weighted by Crippen LogP contribution is -2.31. The number of nitrogens with one attached hydrogen (secondary N) is 2. The monoisotopic (exact) mass is 455 g/mol. The molecule has 0 radical (unpaired) electrons. The molecule has 0 aliphatic heterocycles. The Bertz CT molecular complexity index is 1220. The zero-order valence-corrected chi connectivity index (χ0v) is 19.8. The largest absolute Gasteiger partial charge is 0.492 e. The summed E-state index contributed by atoms with van der Waals surface area (Å²) >= 11 is 0. The van der Waals surface area contributed by atoms with Crippen LogP contribution in [0, 0.1) is 5.92 Å². The van der Waals surface area contributed by atoms with Crippen molar-refractivity contribution in [2.45, 2.75) is 66.5 Å². The van der Waals surface area contributed by atoms with Gasteiger partial charge in [0.1, 0.15) is 11.6 Å². The van der Waals surface area contributed by atoms with Gasteiger partial charge in [0.2, 0.25) is 5.91 Å². The molecule has 0 unspecified atom stereocenters. The highest BCUT2D eigenvalue weighted by molar-refractivity contribution is 5.92. The first kappa shape index (κ1) is 24.3. The summed E-state index contributed by atoms with van der Waals surface area (Å²) in [5, 5.41) is 2.90. The lowest BCUT2D eigenvalue weighted by atomic mass is 10.2. The molecule has 9 nitrogen and oxygen atoms in total. The molecule has 0 spiro atoms. The van der Waals surface area contributed by atoms with E-state index in [-0.39, 0.29) is 18.2 Å². The molecule has 1 aromatic carbocycles. The van der Waals surface area contributed by atoms with Crippen LogP contribution in [0.5, 0.6) is 5.75 Å². The zero-order valence-electron chi connectivity index (χ0n) is 19.8. The van der Waals surface area contributed by atoms with Gasteiger partial charge in [-0.05, 0) is 31.4 Å². The van der Waals surface area contributed by atoms with E-state index < -0.39 is 11.2 Å². The average Bonchev–Trinajstić information content (AvgIpc) is 3.11. The predicted molar refractivity (Wildman–Crippen MR) is 129 cm³/mol. The highest BCUT2D eigenvalue weighted by atomic mass is 16.5. The lowest BCUT2D eigenvalue weighted by Gasteiger charge is -2.13. The summed E-state index contributed by atoms with van der Waals surface area (Å²) in [6.45, 7) is 9.58. The molecular weight excluding hydrogens is 422 g/mol. The Balaban J connectivity index is 1.90. The number of benzene rings is 1. The third-order valence-electron chi connectivity index (χ3n) is 5.28. The van der Waals surface area contributed by atoms with Gasteiger partial charge in [-0.2, -0.15) is 0 Å². The summed E-state index contributed by atoms with van der Waals surface area (Å²) in [7, 11) is 0. The maximum Gasteiger partial charge on any atom is 0.330 e. The molecule has 2 aromatic heterocycles. The highest BCUT2D eigenvalue weighted by Gasteiger charge is 2.20. The van der Waals surface area contributed by atoms with Crippen LogP contribution in [-0.2, 0) is 24.3 Å². The molecular formula is C24H33N5O4. The molecule has 0 fully saturated rings. The first-order valence-electron chi connectivity index (χ1n) is 11.6. The molecule has 0 saturated heterocycles. The number of ether oxygens (including phenoxy) is 1. The molecule has 3 aromatic rings. The van der Waals surface area contributed by atoms with Gasteiger partial charge in [0, 0.05) is 25.9 Å². The van der Waals surface area contributed by atoms with Crippen molar-refractivity contribution in [2.24, 2.45) is 5.92 Å². The van der Waals surface area contributed by atoms with Crippen LogP contribution in [0.25, 0.3) is 11.2 Å². The van der Waals surface area contributed by atoms with Crippen LogP contribution < -0.4 is 21.3 Å². The predicted octanol–water partition coefficient (Wildman–Crippen LogP) is 3.31. The quantitative estimate of drug-likeness (QED) is 0.461. The minimum atomic E-state index is -0.452. The Hall–Kier alpha value is -3.36. The van der Waals surface area contributed by atoms with Crippen molar-refractivity contribution >= 4 is 22.8 Å². The second kappa shape index (κ2) is 11.0. The Morgan fingerprint density at radius 2 is 1.94 bits per heavy atom. The van der Waals surface area contributed by atoms with E-state index >= 15 is 0 Å². The molecule has 33 heavy (non-hydrogen) atoms. The highest BCUT2D eigenvalue weighted by Crippen LogP contribution is 2.24. The van der Waals surface area contributed by atoms with E-state index in [1.54, 1.807) is 6.07 Å². The van der Waals surface area contributed by atoms with E-state index in [2.05, 4.69) is 15.3 Å². The smallest absolute Gasteiger partial charge is 0.330 e. The number of carbonyl (C=O) groups is 1. The number of para-hydroxylation sites is 2. The van der Waals surface area contributed by atoms with Crippen molar-refractivity contribution < 1.29 is 9.53 Å². The average molecular weight is 456 g/mol. The van der Waals surface area contributed by atoms with Crippen LogP contribution in [0.1, 0.15) is 52.8 Å². The molecule has 3 rings (SSSR count). The number of amides is 1. The van der Waals surface area contributed by atoms with Gasteiger partial charge in [-0.1, -0.05) is 39.3 Å². The molecule has 9 heteroatoms. The van der Waals surface area contributed by atoms with Gasteiger partial charge in [0.05, 0.1) is 12.3 Å². The summed E-state index contributed by atoms with van der Waals surface area (Å²) in [6, 6.07) is 7.29. The van der Waals surface area contributed by atoms with Crippen molar-refractivity contribution in [1.29, 1.82) is 0 Å². The van der Waals surface area contributed by atoms with Gasteiger partial charge in [0.15, 0.2) is 11.2 Å². The maximum atomic E-state index is 12.7. The second-order valence-electron chi connectivity index (χ2n) is 8.45. The SMILES string of the molecule is CCCCn1c(=O)[nH]c(=O)c2c1nc(CCC(=O)Nc1ccccc1OCC)n2CC(C)C. The number of imidazole rings is 1. The van der Waals surface area contributed by atoms with Crippen molar-refractivity contribution in [2.75, 3.05) is 11.9 Å². The van der Waals surface area contributed by atoms with Gasteiger partial charge in [-0.15, -0.1) is 0 Å². The van der Waals surface area contributed by atoms with E-state index in [0.29, 0.717) is 54.5 Å². The van der Waals surface area contributed by atoms with Crippen LogP contribution in [0.15, 0.2) is 33.9 Å². The number of fused-ring (bicyclic) bond motifs is 1. The number of aromatic nitrogens is 4. The number of hydrogen-bond acceptors (Lipinski definition) is 5. The summed E-state index contributed by atoms with van der Waals surface area (Å²) in [4.78, 5) is 44.9. The summed E-state index contributed by atoms with van der Waals surface area (Å²) in [6.07, 6.45) is 2.23. The molecule has 0 saturated carbocycles. The fraction of sp³-hybridized carbons (Fsp3) is 0.500. The number of H-pyrrole nitrogens is 1. The number of aromatic amines is 1. The lowest BCUT2D eigenvalue weighted by molar-refractivity contribution is -0.116. The van der Waals surface area contributed by atoms with Crippen LogP contribution >= 0.6 is 0 Å². The van der Waals surface area contributed by atoms with Gasteiger partial charge >= 0.3 is 5.69 Å². The number of hydrogen-bond donors (Lipinski definition) is 2. The Kier molecular flexibility index (Phi) is 8.08. The summed E-state index contributed by atoms with van der Waals surface area (Å²) in [5.74, 6) is 1.31. The first-order valence-corrected chi connectivity index (χ1v) is 11.6. The van der Waals surface area contributed by atoms with Crippen molar-refractivity contribution in [1.82, 2.24) is 19.1 Å². The van der Waals surface area contributed by atoms with Gasteiger partial charge < -0.3 is 14.6 Å². The topological polar surface area (TPSA) is 111 Å². The van der Waals surface area contributed by atoms with E-state index in [1.807, 2.05) is 50.5 Å². The van der Waals surface area contributed by atoms with Crippen molar-refractivity contribution in [3.63, 3.8) is 0 Å². The second-order valence-corrected chi connectivity index (χ2v) is 8.45. The zero-order chi connectivity index (χ0) is 24.0. The molecule has 1 amide bonds. The number of rotatable bonds is 11. The third-order valence-corrected chi connectivity index (χ3v) is 5.28. The van der Waals surface area contributed by atoms with Gasteiger partial charge in [0.25, 0.3) is 5.56 Å². The molecule has 0 bridgehead atoms. The standard InChI is InChI=1S/C24H33N5O4/c1-5-7-14-28-22-21(23(31)27-24(28)32)29(15-16(3)4)19(26-22)12-13-20(30)25-17-10-8-9-11-18(17)33-6-2/h8-11,16H,5-7,12-15H2,1-4H3,(H,25,30)(H,27,31,32). The first-order chi connectivity index (χ1) is 15.8. The normalized spacial score (nSPS) is 11.3. The molecule has 0 aliphatic rings. The van der Waals surface area contributed by atoms with E-state index in [9.17, 15) is 14.4 Å². The molecule has 0 atom stereocenters. The van der Waals surface area contributed by atoms with E-state index in [0.717, 1.165) is 12.8 Å². The summed E-state index contributed by atoms with van der Waals surface area (Å²) in [5.41, 5.74) is 0.487. The van der Waals surface area contributed by atoms with E-state index in [1.165, 1.54) is 4.57 Å². The van der Waals surface area contributed by atoms with Crippen LogP contribution in [0.4, 0.5) is 5.69 Å². The Morgan fingerprint density at radius 3 is 2.64 bits per heavy atom. The van der Waals surface area contributed by atoms with E-state index in [4.69, 9.17) is 4.74 Å². The van der Waals surface area contributed by atoms with Crippen molar-refractivity contribution in [3.05, 3.63) is 50.9 Å². The van der Waals surface area contributed by atoms with Crippen LogP contribution in [0.3, 0.4) is 0 Å². The summed E-state index contributed by atoms with van der Waals surface area (Å²) < 4.78 is 8.95. The molecule has 178 valence electrons. The van der Waals surface area contributed by atoms with Crippen LogP contribution in [0.2, 0.25) is 0 Å². The maximum absolute atomic E-state index is 12.7. The number of aryl methyl sites for hydroxylation is 2. The molecule has 2 N–H and O–H groups in total. The molecule has 0 aliphatic carbocycles. The number of anilines is 1. The fourth-order valence-corrected chi connectivity index (χ4v) is 3.78. The number of nitrogens with zero attached hydrogens (tertiary/aromatic N) is 3. The third kappa shape index (κ3) is 5.71.